The molecule has 0 bridgehead atoms. The summed E-state index contributed by atoms with van der Waals surface area (Å²) in [6.07, 6.45) is 1.32. The van der Waals surface area contributed by atoms with Crippen molar-refractivity contribution in [2.24, 2.45) is 0 Å². The molecule has 4 aromatic rings. The minimum absolute atomic E-state index is 0.0415. The summed E-state index contributed by atoms with van der Waals surface area (Å²) in [5.41, 5.74) is 1.90. The van der Waals surface area contributed by atoms with Crippen LogP contribution >= 0.6 is 0 Å². The molecule has 0 radical (unpaired) electrons. The predicted octanol–water partition coefficient (Wildman–Crippen LogP) is 5.31. The van der Waals surface area contributed by atoms with Crippen LogP contribution in [0.4, 0.5) is 16.2 Å². The summed E-state index contributed by atoms with van der Waals surface area (Å²) in [5.74, 6) is -0.963. The largest absolute Gasteiger partial charge is 0.493 e. The van der Waals surface area contributed by atoms with Crippen molar-refractivity contribution in [1.82, 2.24) is 5.32 Å². The first-order valence-electron chi connectivity index (χ1n) is 12.2. The highest BCUT2D eigenvalue weighted by Gasteiger charge is 2.37. The number of non-ortho nitro benzene ring substituents is 1. The van der Waals surface area contributed by atoms with E-state index in [1.807, 2.05) is 37.3 Å². The van der Waals surface area contributed by atoms with Crippen LogP contribution in [0, 0.1) is 17.0 Å². The number of hydrogen-bond donors (Lipinski definition) is 1. The van der Waals surface area contributed by atoms with Gasteiger partial charge in [0, 0.05) is 17.7 Å². The molecule has 10 heteroatoms. The molecule has 0 saturated carbocycles. The molecular formula is C30H23N3O7. The summed E-state index contributed by atoms with van der Waals surface area (Å²) < 4.78 is 11.6. The van der Waals surface area contributed by atoms with Crippen LogP contribution in [0.1, 0.15) is 16.7 Å². The monoisotopic (exact) mass is 537 g/mol. The summed E-state index contributed by atoms with van der Waals surface area (Å²) in [6.45, 7) is 2.32. The van der Waals surface area contributed by atoms with E-state index in [2.05, 4.69) is 11.4 Å². The molecule has 1 saturated heterocycles. The van der Waals surface area contributed by atoms with Crippen molar-refractivity contribution in [3.05, 3.63) is 111 Å². The molecule has 4 amide bonds. The molecular weight excluding hydrogens is 514 g/mol. The highest BCUT2D eigenvalue weighted by Crippen LogP contribution is 2.32. The molecule has 0 atom stereocenters. The first-order chi connectivity index (χ1) is 19.3. The number of ether oxygens (including phenoxy) is 2. The fourth-order valence-corrected chi connectivity index (χ4v) is 4.48. The van der Waals surface area contributed by atoms with Crippen LogP contribution in [-0.4, -0.2) is 29.9 Å². The molecule has 1 fully saturated rings. The Morgan fingerprint density at radius 2 is 1.75 bits per heavy atom. The number of urea groups is 1. The summed E-state index contributed by atoms with van der Waals surface area (Å²) in [5, 5.41) is 15.5. The molecule has 10 nitrogen and oxygen atoms in total. The van der Waals surface area contributed by atoms with Crippen LogP contribution in [0.5, 0.6) is 11.5 Å². The maximum absolute atomic E-state index is 13.2. The number of benzene rings is 4. The van der Waals surface area contributed by atoms with Gasteiger partial charge in [-0.3, -0.25) is 25.0 Å². The lowest BCUT2D eigenvalue weighted by atomic mass is 10.0. The fraction of sp³-hybridized carbons (Fsp3) is 0.100. The van der Waals surface area contributed by atoms with Crippen LogP contribution in [0.3, 0.4) is 0 Å². The highest BCUT2D eigenvalue weighted by molar-refractivity contribution is 6.39. The third-order valence-electron chi connectivity index (χ3n) is 6.55. The number of nitrogens with one attached hydrogen (secondary N) is 1. The van der Waals surface area contributed by atoms with Crippen molar-refractivity contribution in [3.63, 3.8) is 0 Å². The second kappa shape index (κ2) is 10.7. The molecule has 5 rings (SSSR count). The van der Waals surface area contributed by atoms with E-state index in [1.54, 1.807) is 18.2 Å². The molecule has 1 heterocycles. The fourth-order valence-electron chi connectivity index (χ4n) is 4.48. The van der Waals surface area contributed by atoms with E-state index in [0.717, 1.165) is 28.0 Å². The van der Waals surface area contributed by atoms with E-state index < -0.39 is 22.8 Å². The number of barbiturate groups is 1. The van der Waals surface area contributed by atoms with E-state index in [0.29, 0.717) is 28.6 Å². The van der Waals surface area contributed by atoms with Crippen molar-refractivity contribution < 1.29 is 28.8 Å². The Morgan fingerprint density at radius 1 is 0.950 bits per heavy atom. The number of methoxy groups -OCH3 is 1. The zero-order chi connectivity index (χ0) is 28.4. The molecule has 40 heavy (non-hydrogen) atoms. The second-order valence-electron chi connectivity index (χ2n) is 9.02. The summed E-state index contributed by atoms with van der Waals surface area (Å²) in [4.78, 5) is 49.5. The zero-order valence-electron chi connectivity index (χ0n) is 21.5. The van der Waals surface area contributed by atoms with Crippen molar-refractivity contribution in [3.8, 4) is 11.5 Å². The maximum atomic E-state index is 13.2. The van der Waals surface area contributed by atoms with Gasteiger partial charge in [-0.1, -0.05) is 48.5 Å². The molecule has 1 N–H and O–H groups in total. The minimum Gasteiger partial charge on any atom is -0.493 e. The van der Waals surface area contributed by atoms with Gasteiger partial charge in [0.15, 0.2) is 11.5 Å². The first kappa shape index (κ1) is 26.1. The molecule has 4 aromatic carbocycles. The van der Waals surface area contributed by atoms with Crippen molar-refractivity contribution in [2.45, 2.75) is 13.5 Å². The van der Waals surface area contributed by atoms with Crippen molar-refractivity contribution in [1.29, 1.82) is 0 Å². The van der Waals surface area contributed by atoms with Gasteiger partial charge in [0.05, 0.1) is 17.7 Å². The van der Waals surface area contributed by atoms with E-state index in [4.69, 9.17) is 9.47 Å². The molecule has 0 aromatic heterocycles. The summed E-state index contributed by atoms with van der Waals surface area (Å²) in [7, 11) is 1.48. The Kier molecular flexibility index (Phi) is 6.98. The number of anilines is 1. The van der Waals surface area contributed by atoms with Gasteiger partial charge >= 0.3 is 6.03 Å². The number of rotatable bonds is 7. The standard InChI is InChI=1S/C30H23N3O7/c1-18-10-12-20-6-3-4-9-23(20)25(18)17-40-26-13-11-19(15-27(26)39-2)14-24-28(34)31-30(36)32(29(24)35)21-7-5-8-22(16-21)33(37)38/h3-16H,17H2,1-2H3,(H,31,34,36)/b24-14+. The van der Waals surface area contributed by atoms with Gasteiger partial charge in [-0.05, 0) is 53.1 Å². The number of imide groups is 2. The van der Waals surface area contributed by atoms with Gasteiger partial charge < -0.3 is 9.47 Å². The van der Waals surface area contributed by atoms with E-state index in [9.17, 15) is 24.5 Å². The van der Waals surface area contributed by atoms with Crippen LogP contribution < -0.4 is 19.7 Å². The molecule has 0 unspecified atom stereocenters. The SMILES string of the molecule is COc1cc(/C=C2\C(=O)NC(=O)N(c3cccc([N+](=O)[O-])c3)C2=O)ccc1OCc1c(C)ccc2ccccc12. The van der Waals surface area contributed by atoms with Gasteiger partial charge in [-0.25, -0.2) is 9.69 Å². The Labute approximate surface area is 228 Å². The maximum Gasteiger partial charge on any atom is 0.335 e. The quantitative estimate of drug-likeness (QED) is 0.146. The number of hydrogen-bond acceptors (Lipinski definition) is 7. The number of nitro benzene ring substituents is 1. The lowest BCUT2D eigenvalue weighted by molar-refractivity contribution is -0.384. The molecule has 1 aliphatic rings. The first-order valence-corrected chi connectivity index (χ1v) is 12.2. The van der Waals surface area contributed by atoms with Gasteiger partial charge in [-0.2, -0.15) is 0 Å². The molecule has 1 aliphatic heterocycles. The van der Waals surface area contributed by atoms with Crippen molar-refractivity contribution in [2.75, 3.05) is 12.0 Å². The number of carbonyl (C=O) groups excluding carboxylic acids is 3. The van der Waals surface area contributed by atoms with E-state index in [1.165, 1.54) is 31.4 Å². The predicted molar refractivity (Wildman–Crippen MR) is 148 cm³/mol. The Bertz CT molecular complexity index is 1730. The van der Waals surface area contributed by atoms with Crippen LogP contribution in [0.2, 0.25) is 0 Å². The number of aryl methyl sites for hydroxylation is 1. The van der Waals surface area contributed by atoms with Crippen LogP contribution in [0.25, 0.3) is 16.8 Å². The Morgan fingerprint density at radius 3 is 2.52 bits per heavy atom. The third kappa shape index (κ3) is 4.97. The normalized spacial score (nSPS) is 14.4. The molecule has 200 valence electrons. The topological polar surface area (TPSA) is 128 Å². The van der Waals surface area contributed by atoms with Crippen LogP contribution in [0.15, 0.2) is 84.4 Å². The van der Waals surface area contributed by atoms with Crippen LogP contribution in [-0.2, 0) is 16.2 Å². The van der Waals surface area contributed by atoms with E-state index in [-0.39, 0.29) is 16.9 Å². The highest BCUT2D eigenvalue weighted by atomic mass is 16.6. The summed E-state index contributed by atoms with van der Waals surface area (Å²) in [6, 6.07) is 21.1. The van der Waals surface area contributed by atoms with Gasteiger partial charge in [0.2, 0.25) is 0 Å². The minimum atomic E-state index is -1.00. The Balaban J connectivity index is 1.42. The number of carbonyl (C=O) groups is 3. The lowest BCUT2D eigenvalue weighted by Gasteiger charge is -2.26. The lowest BCUT2D eigenvalue weighted by Crippen LogP contribution is -2.54. The average Bonchev–Trinajstić information content (AvgIpc) is 2.95. The smallest absolute Gasteiger partial charge is 0.335 e. The second-order valence-corrected chi connectivity index (χ2v) is 9.02. The number of amides is 4. The molecule has 0 spiro atoms. The van der Waals surface area contributed by atoms with Crippen molar-refractivity contribution >= 4 is 46.1 Å². The summed E-state index contributed by atoms with van der Waals surface area (Å²) >= 11 is 0. The molecule has 0 aliphatic carbocycles. The Hall–Kier alpha value is -5.51. The number of nitrogens with zero attached hydrogens (tertiary/aromatic N) is 2. The van der Waals surface area contributed by atoms with Gasteiger partial charge in [0.25, 0.3) is 17.5 Å². The van der Waals surface area contributed by atoms with E-state index >= 15 is 0 Å². The van der Waals surface area contributed by atoms with Gasteiger partial charge in [0.1, 0.15) is 12.2 Å². The average molecular weight is 538 g/mol. The third-order valence-corrected chi connectivity index (χ3v) is 6.55. The zero-order valence-corrected chi connectivity index (χ0v) is 21.5. The number of fused-ring (bicyclic) bond motifs is 1. The number of nitro groups is 1. The van der Waals surface area contributed by atoms with Gasteiger partial charge in [-0.15, -0.1) is 0 Å².